The SMILES string of the molecule is CCO[Si](CCI)(OCC)C(C)[Si](OCC)(OCC)OCC. The van der Waals surface area contributed by atoms with E-state index in [0.29, 0.717) is 33.0 Å². The Bertz CT molecular complexity index is 224. The predicted molar refractivity (Wildman–Crippen MR) is 103 cm³/mol. The van der Waals surface area contributed by atoms with Gasteiger partial charge in [-0.1, -0.05) is 29.5 Å². The molecule has 0 aliphatic carbocycles. The maximum Gasteiger partial charge on any atom is 0.505 e. The van der Waals surface area contributed by atoms with Crippen LogP contribution in [0.2, 0.25) is 11.2 Å². The topological polar surface area (TPSA) is 46.2 Å². The molecule has 0 heterocycles. The Kier molecular flexibility index (Phi) is 12.9. The third kappa shape index (κ3) is 6.12. The van der Waals surface area contributed by atoms with Crippen LogP contribution in [0.1, 0.15) is 41.5 Å². The van der Waals surface area contributed by atoms with Gasteiger partial charge in [0.05, 0.1) is 5.16 Å². The van der Waals surface area contributed by atoms with E-state index in [-0.39, 0.29) is 5.16 Å². The lowest BCUT2D eigenvalue weighted by molar-refractivity contribution is 0.0610. The van der Waals surface area contributed by atoms with Gasteiger partial charge in [0, 0.05) is 43.5 Å². The predicted octanol–water partition coefficient (Wildman–Crippen LogP) is 3.91. The molecule has 22 heavy (non-hydrogen) atoms. The monoisotopic (exact) mass is 464 g/mol. The Morgan fingerprint density at radius 3 is 1.36 bits per heavy atom. The molecular weight excluding hydrogens is 431 g/mol. The van der Waals surface area contributed by atoms with Crippen LogP contribution in [0, 0.1) is 0 Å². The quantitative estimate of drug-likeness (QED) is 0.222. The molecule has 0 aromatic carbocycles. The van der Waals surface area contributed by atoms with E-state index in [1.54, 1.807) is 0 Å². The van der Waals surface area contributed by atoms with Gasteiger partial charge in [-0.25, -0.2) is 0 Å². The second-order valence-corrected chi connectivity index (χ2v) is 12.9. The van der Waals surface area contributed by atoms with Crippen molar-refractivity contribution in [2.45, 2.75) is 52.8 Å². The molecule has 0 aliphatic heterocycles. The summed E-state index contributed by atoms with van der Waals surface area (Å²) >= 11 is 2.39. The number of hydrogen-bond donors (Lipinski definition) is 0. The largest absolute Gasteiger partial charge is 0.505 e. The van der Waals surface area contributed by atoms with Gasteiger partial charge in [-0.15, -0.1) is 0 Å². The maximum atomic E-state index is 6.22. The average Bonchev–Trinajstić information content (AvgIpc) is 2.48. The van der Waals surface area contributed by atoms with Crippen molar-refractivity contribution in [3.63, 3.8) is 0 Å². The molecule has 0 saturated carbocycles. The second-order valence-electron chi connectivity index (χ2n) is 4.74. The number of rotatable bonds is 14. The van der Waals surface area contributed by atoms with Gasteiger partial charge in [0.15, 0.2) is 0 Å². The van der Waals surface area contributed by atoms with Crippen molar-refractivity contribution < 1.29 is 22.1 Å². The molecule has 0 rings (SSSR count). The molecule has 8 heteroatoms. The summed E-state index contributed by atoms with van der Waals surface area (Å²) in [5, 5.41) is 0.0366. The maximum absolute atomic E-state index is 6.22. The number of halogens is 1. The zero-order valence-electron chi connectivity index (χ0n) is 14.9. The number of hydrogen-bond acceptors (Lipinski definition) is 5. The Hall–Kier alpha value is 0.964. The summed E-state index contributed by atoms with van der Waals surface area (Å²) < 4.78 is 31.7. The van der Waals surface area contributed by atoms with Crippen LogP contribution >= 0.6 is 22.6 Å². The fraction of sp³-hybridized carbons (Fsp3) is 1.00. The van der Waals surface area contributed by atoms with E-state index in [9.17, 15) is 0 Å². The first-order valence-corrected chi connectivity index (χ1v) is 13.7. The van der Waals surface area contributed by atoms with Crippen LogP contribution in [-0.4, -0.2) is 54.8 Å². The molecule has 0 aromatic rings. The molecule has 0 fully saturated rings. The second kappa shape index (κ2) is 12.3. The van der Waals surface area contributed by atoms with Gasteiger partial charge in [-0.2, -0.15) is 0 Å². The van der Waals surface area contributed by atoms with Crippen LogP contribution in [0.15, 0.2) is 0 Å². The van der Waals surface area contributed by atoms with E-state index >= 15 is 0 Å². The molecule has 0 saturated heterocycles. The lowest BCUT2D eigenvalue weighted by atomic mass is 10.9. The van der Waals surface area contributed by atoms with E-state index in [1.807, 2.05) is 34.6 Å². The fourth-order valence-corrected chi connectivity index (χ4v) is 13.5. The summed E-state index contributed by atoms with van der Waals surface area (Å²) in [6, 6.07) is 0.915. The van der Waals surface area contributed by atoms with Crippen molar-refractivity contribution in [2.24, 2.45) is 0 Å². The van der Waals surface area contributed by atoms with Gasteiger partial charge in [-0.05, 0) is 34.6 Å². The minimum atomic E-state index is -2.84. The van der Waals surface area contributed by atoms with Crippen LogP contribution in [0.25, 0.3) is 0 Å². The van der Waals surface area contributed by atoms with Crippen molar-refractivity contribution in [3.05, 3.63) is 0 Å². The summed E-state index contributed by atoms with van der Waals surface area (Å²) in [7, 11) is -5.30. The first-order valence-electron chi connectivity index (χ1n) is 8.28. The molecule has 1 atom stereocenters. The highest BCUT2D eigenvalue weighted by Crippen LogP contribution is 2.38. The van der Waals surface area contributed by atoms with Crippen LogP contribution < -0.4 is 0 Å². The highest BCUT2D eigenvalue weighted by atomic mass is 127. The van der Waals surface area contributed by atoms with Crippen molar-refractivity contribution in [2.75, 3.05) is 37.5 Å². The van der Waals surface area contributed by atoms with Crippen LogP contribution in [-0.2, 0) is 22.1 Å². The van der Waals surface area contributed by atoms with Gasteiger partial charge >= 0.3 is 17.4 Å². The Morgan fingerprint density at radius 2 is 1.09 bits per heavy atom. The Labute approximate surface area is 152 Å². The molecule has 0 aliphatic rings. The van der Waals surface area contributed by atoms with E-state index < -0.39 is 17.4 Å². The molecule has 0 bridgehead atoms. The van der Waals surface area contributed by atoms with Crippen molar-refractivity contribution >= 4 is 40.0 Å². The molecule has 0 spiro atoms. The van der Waals surface area contributed by atoms with Crippen molar-refractivity contribution in [1.82, 2.24) is 0 Å². The third-order valence-corrected chi connectivity index (χ3v) is 14.3. The van der Waals surface area contributed by atoms with Gasteiger partial charge in [-0.3, -0.25) is 0 Å². The molecule has 134 valence electrons. The first-order chi connectivity index (χ1) is 10.5. The minimum Gasteiger partial charge on any atom is -0.394 e. The summed E-state index contributed by atoms with van der Waals surface area (Å²) in [6.07, 6.45) is 0. The van der Waals surface area contributed by atoms with Gasteiger partial charge in [0.2, 0.25) is 0 Å². The summed E-state index contributed by atoms with van der Waals surface area (Å²) in [5.74, 6) is 0. The number of alkyl halides is 1. The third-order valence-electron chi connectivity index (χ3n) is 3.45. The van der Waals surface area contributed by atoms with Crippen LogP contribution in [0.5, 0.6) is 0 Å². The van der Waals surface area contributed by atoms with Crippen molar-refractivity contribution in [3.8, 4) is 0 Å². The minimum absolute atomic E-state index is 0.0366. The van der Waals surface area contributed by atoms with E-state index in [0.717, 1.165) is 10.5 Å². The lowest BCUT2D eigenvalue weighted by Crippen LogP contribution is -2.62. The van der Waals surface area contributed by atoms with Gasteiger partial charge in [0.25, 0.3) is 0 Å². The normalized spacial score (nSPS) is 14.3. The zero-order chi connectivity index (χ0) is 17.1. The smallest absolute Gasteiger partial charge is 0.394 e. The summed E-state index contributed by atoms with van der Waals surface area (Å²) in [5.41, 5.74) is 0. The van der Waals surface area contributed by atoms with Crippen LogP contribution in [0.3, 0.4) is 0 Å². The summed E-state index contributed by atoms with van der Waals surface area (Å²) in [4.78, 5) is 0. The first kappa shape index (κ1) is 23.0. The van der Waals surface area contributed by atoms with Crippen LogP contribution in [0.4, 0.5) is 0 Å². The average molecular weight is 464 g/mol. The lowest BCUT2D eigenvalue weighted by Gasteiger charge is -2.42. The summed E-state index contributed by atoms with van der Waals surface area (Å²) in [6.45, 7) is 15.1. The van der Waals surface area contributed by atoms with Gasteiger partial charge in [0.1, 0.15) is 0 Å². The van der Waals surface area contributed by atoms with E-state index in [2.05, 4.69) is 29.5 Å². The molecular formula is C14H33IO5Si2. The van der Waals surface area contributed by atoms with E-state index in [4.69, 9.17) is 22.1 Å². The zero-order valence-corrected chi connectivity index (χ0v) is 19.1. The standard InChI is InChI=1S/C14H33IO5Si2/c1-7-16-21(13-12-15,17-8-2)14(6)22(18-9-3,19-10-4)20-11-5/h14H,7-13H2,1-6H3. The van der Waals surface area contributed by atoms with Crippen molar-refractivity contribution in [1.29, 1.82) is 0 Å². The fourth-order valence-electron chi connectivity index (χ4n) is 2.65. The molecule has 0 amide bonds. The molecule has 5 nitrogen and oxygen atoms in total. The Balaban J connectivity index is 5.67. The highest BCUT2D eigenvalue weighted by Gasteiger charge is 2.60. The van der Waals surface area contributed by atoms with Gasteiger partial charge < -0.3 is 22.1 Å². The molecule has 0 radical (unpaired) electrons. The van der Waals surface area contributed by atoms with E-state index in [1.165, 1.54) is 0 Å². The highest BCUT2D eigenvalue weighted by molar-refractivity contribution is 14.1. The molecule has 0 N–H and O–H groups in total. The molecule has 1 unspecified atom stereocenters. The molecule has 0 aromatic heterocycles. The Morgan fingerprint density at radius 1 is 0.727 bits per heavy atom.